The van der Waals surface area contributed by atoms with Gasteiger partial charge < -0.3 is 14.6 Å². The van der Waals surface area contributed by atoms with Crippen LogP contribution in [0.5, 0.6) is 5.75 Å². The highest BCUT2D eigenvalue weighted by Crippen LogP contribution is 2.48. The molecule has 0 heterocycles. The lowest BCUT2D eigenvalue weighted by molar-refractivity contribution is -0.142. The number of esters is 1. The first-order valence-electron chi connectivity index (χ1n) is 11.6. The van der Waals surface area contributed by atoms with Gasteiger partial charge in [-0.3, -0.25) is 0 Å². The number of methoxy groups -OCH3 is 1. The number of aliphatic hydroxyl groups is 1. The van der Waals surface area contributed by atoms with Crippen molar-refractivity contribution in [1.29, 1.82) is 0 Å². The third kappa shape index (κ3) is 4.79. The molecule has 4 unspecified atom stereocenters. The summed E-state index contributed by atoms with van der Waals surface area (Å²) in [5.74, 6) is 3.24. The van der Waals surface area contributed by atoms with Crippen LogP contribution < -0.4 is 4.74 Å². The van der Waals surface area contributed by atoms with E-state index in [1.165, 1.54) is 69.6 Å². The van der Waals surface area contributed by atoms with E-state index in [9.17, 15) is 9.90 Å². The highest BCUT2D eigenvalue weighted by Gasteiger charge is 2.40. The number of fused-ring (bicyclic) bond motifs is 2. The molecule has 0 bridgehead atoms. The zero-order valence-electron chi connectivity index (χ0n) is 17.8. The van der Waals surface area contributed by atoms with Crippen LogP contribution in [0.1, 0.15) is 68.9 Å². The molecule has 0 aliphatic heterocycles. The molecule has 4 rings (SSSR count). The fourth-order valence-corrected chi connectivity index (χ4v) is 6.21. The fourth-order valence-electron chi connectivity index (χ4n) is 6.21. The molecule has 3 aliphatic carbocycles. The van der Waals surface area contributed by atoms with Crippen molar-refractivity contribution in [3.63, 3.8) is 0 Å². The molecule has 29 heavy (non-hydrogen) atoms. The van der Waals surface area contributed by atoms with Crippen molar-refractivity contribution in [1.82, 2.24) is 0 Å². The predicted octanol–water partition coefficient (Wildman–Crippen LogP) is 4.70. The minimum Gasteiger partial charge on any atom is -0.482 e. The molecular weight excluding hydrogens is 364 g/mol. The van der Waals surface area contributed by atoms with Crippen molar-refractivity contribution >= 4 is 5.97 Å². The SMILES string of the molecule is COC(=O)COc1cccc2c1CC1CCC(CCC(O)C3CCCCC3)C1C2. The molecule has 160 valence electrons. The van der Waals surface area contributed by atoms with E-state index in [2.05, 4.69) is 6.07 Å². The second kappa shape index (κ2) is 9.51. The van der Waals surface area contributed by atoms with E-state index in [4.69, 9.17) is 9.47 Å². The molecule has 3 aliphatic rings. The van der Waals surface area contributed by atoms with Gasteiger partial charge in [-0.25, -0.2) is 4.79 Å². The first-order chi connectivity index (χ1) is 14.2. The third-order valence-electron chi connectivity index (χ3n) is 7.87. The van der Waals surface area contributed by atoms with E-state index in [0.717, 1.165) is 36.8 Å². The van der Waals surface area contributed by atoms with Crippen LogP contribution in [0.2, 0.25) is 0 Å². The van der Waals surface area contributed by atoms with E-state index in [1.54, 1.807) is 0 Å². The lowest BCUT2D eigenvalue weighted by Gasteiger charge is -2.33. The van der Waals surface area contributed by atoms with Gasteiger partial charge in [0.05, 0.1) is 13.2 Å². The molecule has 1 aromatic carbocycles. The number of carbonyl (C=O) groups excluding carboxylic acids is 1. The van der Waals surface area contributed by atoms with Gasteiger partial charge in [-0.2, -0.15) is 0 Å². The van der Waals surface area contributed by atoms with E-state index in [-0.39, 0.29) is 18.7 Å². The van der Waals surface area contributed by atoms with Crippen molar-refractivity contribution in [3.05, 3.63) is 29.3 Å². The Labute approximate surface area is 175 Å². The lowest BCUT2D eigenvalue weighted by atomic mass is 9.73. The Kier molecular flexibility index (Phi) is 6.79. The standard InChI is InChI=1S/C25H36O4/c1-28-25(27)16-29-24-9-5-8-19-14-21-17(10-11-20(21)15-22(19)24)12-13-23(26)18-6-3-2-4-7-18/h5,8-9,17-18,20-21,23,26H,2-4,6-7,10-16H2,1H3. The number of hydrogen-bond donors (Lipinski definition) is 1. The summed E-state index contributed by atoms with van der Waals surface area (Å²) in [6, 6.07) is 6.25. The first-order valence-corrected chi connectivity index (χ1v) is 11.6. The summed E-state index contributed by atoms with van der Waals surface area (Å²) in [7, 11) is 1.39. The van der Waals surface area contributed by atoms with Gasteiger partial charge in [0, 0.05) is 0 Å². The summed E-state index contributed by atoms with van der Waals surface area (Å²) >= 11 is 0. The van der Waals surface area contributed by atoms with Gasteiger partial charge in [-0.15, -0.1) is 0 Å². The van der Waals surface area contributed by atoms with Gasteiger partial charge in [0.15, 0.2) is 6.61 Å². The van der Waals surface area contributed by atoms with E-state index < -0.39 is 0 Å². The minimum absolute atomic E-state index is 0.0251. The maximum Gasteiger partial charge on any atom is 0.343 e. The Bertz CT molecular complexity index is 694. The largest absolute Gasteiger partial charge is 0.482 e. The van der Waals surface area contributed by atoms with Crippen LogP contribution in [0, 0.1) is 23.7 Å². The number of carbonyl (C=O) groups is 1. The summed E-state index contributed by atoms with van der Waals surface area (Å²) in [5, 5.41) is 10.7. The Morgan fingerprint density at radius 1 is 1.14 bits per heavy atom. The number of aliphatic hydroxyl groups excluding tert-OH is 1. The van der Waals surface area contributed by atoms with Gasteiger partial charge in [-0.05, 0) is 92.2 Å². The summed E-state index contributed by atoms with van der Waals surface area (Å²) < 4.78 is 10.5. The van der Waals surface area contributed by atoms with Crippen molar-refractivity contribution in [2.45, 2.75) is 76.7 Å². The highest BCUT2D eigenvalue weighted by atomic mass is 16.6. The molecule has 0 amide bonds. The van der Waals surface area contributed by atoms with Gasteiger partial charge in [-0.1, -0.05) is 31.4 Å². The molecule has 2 fully saturated rings. The predicted molar refractivity (Wildman–Crippen MR) is 113 cm³/mol. The average molecular weight is 401 g/mol. The number of ether oxygens (including phenoxy) is 2. The molecule has 1 aromatic rings. The van der Waals surface area contributed by atoms with Gasteiger partial charge >= 0.3 is 5.97 Å². The Morgan fingerprint density at radius 3 is 2.76 bits per heavy atom. The second-order valence-electron chi connectivity index (χ2n) is 9.47. The summed E-state index contributed by atoms with van der Waals surface area (Å²) in [5.41, 5.74) is 2.67. The third-order valence-corrected chi connectivity index (χ3v) is 7.87. The van der Waals surface area contributed by atoms with Crippen molar-refractivity contribution in [2.24, 2.45) is 23.7 Å². The van der Waals surface area contributed by atoms with Crippen LogP contribution in [0.3, 0.4) is 0 Å². The van der Waals surface area contributed by atoms with Crippen LogP contribution in [-0.2, 0) is 22.4 Å². The summed E-state index contributed by atoms with van der Waals surface area (Å²) in [6.07, 6.45) is 13.2. The molecule has 0 radical (unpaired) electrons. The normalized spacial score (nSPS) is 27.7. The molecular formula is C25H36O4. The van der Waals surface area contributed by atoms with Crippen LogP contribution in [0.4, 0.5) is 0 Å². The molecule has 0 spiro atoms. The molecule has 4 nitrogen and oxygen atoms in total. The van der Waals surface area contributed by atoms with E-state index in [1.807, 2.05) is 12.1 Å². The zero-order valence-corrected chi connectivity index (χ0v) is 17.8. The zero-order chi connectivity index (χ0) is 20.2. The molecule has 4 atom stereocenters. The number of benzene rings is 1. The smallest absolute Gasteiger partial charge is 0.343 e. The van der Waals surface area contributed by atoms with E-state index >= 15 is 0 Å². The van der Waals surface area contributed by atoms with Crippen LogP contribution in [0.25, 0.3) is 0 Å². The van der Waals surface area contributed by atoms with Gasteiger partial charge in [0.25, 0.3) is 0 Å². The topological polar surface area (TPSA) is 55.8 Å². The minimum atomic E-state index is -0.339. The van der Waals surface area contributed by atoms with Crippen LogP contribution >= 0.6 is 0 Å². The Balaban J connectivity index is 1.36. The first kappa shape index (κ1) is 20.7. The summed E-state index contributed by atoms with van der Waals surface area (Å²) in [4.78, 5) is 11.5. The van der Waals surface area contributed by atoms with Crippen molar-refractivity contribution < 1.29 is 19.4 Å². The monoisotopic (exact) mass is 400 g/mol. The summed E-state index contributed by atoms with van der Waals surface area (Å²) in [6.45, 7) is -0.0251. The molecule has 2 saturated carbocycles. The Morgan fingerprint density at radius 2 is 1.97 bits per heavy atom. The quantitative estimate of drug-likeness (QED) is 0.674. The van der Waals surface area contributed by atoms with Gasteiger partial charge in [0.1, 0.15) is 5.75 Å². The van der Waals surface area contributed by atoms with Crippen LogP contribution in [0.15, 0.2) is 18.2 Å². The molecule has 0 saturated heterocycles. The second-order valence-corrected chi connectivity index (χ2v) is 9.47. The molecule has 4 heteroatoms. The Hall–Kier alpha value is -1.55. The average Bonchev–Trinajstić information content (AvgIpc) is 3.16. The fraction of sp³-hybridized carbons (Fsp3) is 0.720. The van der Waals surface area contributed by atoms with Crippen LogP contribution in [-0.4, -0.2) is 30.9 Å². The molecule has 1 N–H and O–H groups in total. The number of hydrogen-bond acceptors (Lipinski definition) is 4. The van der Waals surface area contributed by atoms with E-state index in [0.29, 0.717) is 11.8 Å². The lowest BCUT2D eigenvalue weighted by Crippen LogP contribution is -2.28. The van der Waals surface area contributed by atoms with Gasteiger partial charge in [0.2, 0.25) is 0 Å². The highest BCUT2D eigenvalue weighted by molar-refractivity contribution is 5.71. The number of rotatable bonds is 7. The molecule has 0 aromatic heterocycles. The van der Waals surface area contributed by atoms with Crippen molar-refractivity contribution in [3.8, 4) is 5.75 Å². The maximum absolute atomic E-state index is 11.5. The van der Waals surface area contributed by atoms with Crippen molar-refractivity contribution in [2.75, 3.05) is 13.7 Å². The maximum atomic E-state index is 11.5.